The van der Waals surface area contributed by atoms with Crippen LogP contribution in [-0.2, 0) is 4.79 Å². The van der Waals surface area contributed by atoms with Gasteiger partial charge >= 0.3 is 0 Å². The van der Waals surface area contributed by atoms with Gasteiger partial charge in [-0.1, -0.05) is 31.0 Å². The number of thiazole rings is 1. The molecule has 3 N–H and O–H groups in total. The molecule has 36 heavy (non-hydrogen) atoms. The quantitative estimate of drug-likeness (QED) is 0.241. The number of carbonyl (C=O) groups is 2. The van der Waals surface area contributed by atoms with Gasteiger partial charge < -0.3 is 20.4 Å². The number of rotatable bonds is 12. The van der Waals surface area contributed by atoms with Crippen molar-refractivity contribution < 1.29 is 14.3 Å². The van der Waals surface area contributed by atoms with Gasteiger partial charge in [0.1, 0.15) is 10.7 Å². The molecular weight excluding hydrogens is 476 g/mol. The zero-order chi connectivity index (χ0) is 25.3. The van der Waals surface area contributed by atoms with Crippen LogP contribution in [0, 0.1) is 0 Å². The molecule has 0 saturated heterocycles. The van der Waals surface area contributed by atoms with Gasteiger partial charge in [0.25, 0.3) is 5.91 Å². The topological polar surface area (TPSA) is 122 Å². The van der Waals surface area contributed by atoms with Gasteiger partial charge in [-0.05, 0) is 31.9 Å². The number of aromatic nitrogens is 4. The Kier molecular flexibility index (Phi) is 8.62. The maximum atomic E-state index is 12.8. The molecule has 0 aliphatic rings. The predicted molar refractivity (Wildman–Crippen MR) is 140 cm³/mol. The fourth-order valence-corrected chi connectivity index (χ4v) is 4.55. The number of nitrogens with one attached hydrogen (secondary N) is 3. The van der Waals surface area contributed by atoms with Gasteiger partial charge in [0.15, 0.2) is 0 Å². The summed E-state index contributed by atoms with van der Waals surface area (Å²) in [5, 5.41) is 6.90. The van der Waals surface area contributed by atoms with E-state index >= 15 is 0 Å². The highest BCUT2D eigenvalue weighted by Crippen LogP contribution is 2.31. The van der Waals surface area contributed by atoms with Crippen LogP contribution < -0.4 is 15.4 Å². The summed E-state index contributed by atoms with van der Waals surface area (Å²) in [6.45, 7) is 2.55. The van der Waals surface area contributed by atoms with E-state index < -0.39 is 0 Å². The Labute approximate surface area is 213 Å². The average Bonchev–Trinajstić information content (AvgIpc) is 3.60. The van der Waals surface area contributed by atoms with Crippen LogP contribution in [0.5, 0.6) is 5.88 Å². The number of benzene rings is 1. The molecule has 0 bridgehead atoms. The first-order valence-corrected chi connectivity index (χ1v) is 12.9. The molecule has 0 fully saturated rings. The van der Waals surface area contributed by atoms with Gasteiger partial charge in [0.05, 0.1) is 47.8 Å². The van der Waals surface area contributed by atoms with E-state index in [9.17, 15) is 9.59 Å². The summed E-state index contributed by atoms with van der Waals surface area (Å²) in [6, 6.07) is 9.55. The normalized spacial score (nSPS) is 11.8. The van der Waals surface area contributed by atoms with Crippen molar-refractivity contribution in [1.29, 1.82) is 0 Å². The minimum absolute atomic E-state index is 0.0705. The molecule has 0 radical (unpaired) electrons. The summed E-state index contributed by atoms with van der Waals surface area (Å²) >= 11 is 1.29. The number of fused-ring (bicyclic) bond motifs is 1. The average molecular weight is 507 g/mol. The number of unbranched alkanes of at least 4 members (excludes halogenated alkanes) is 2. The van der Waals surface area contributed by atoms with Gasteiger partial charge in [-0.15, -0.1) is 11.3 Å². The molecule has 4 aromatic rings. The zero-order valence-corrected chi connectivity index (χ0v) is 21.2. The van der Waals surface area contributed by atoms with Crippen LogP contribution in [0.1, 0.15) is 60.6 Å². The highest BCUT2D eigenvalue weighted by Gasteiger charge is 2.21. The monoisotopic (exact) mass is 506 g/mol. The molecule has 2 amide bonds. The van der Waals surface area contributed by atoms with Gasteiger partial charge in [0, 0.05) is 18.4 Å². The van der Waals surface area contributed by atoms with Crippen LogP contribution in [0.2, 0.25) is 0 Å². The number of para-hydroxylation sites is 1. The fourth-order valence-electron chi connectivity index (χ4n) is 4.03. The number of aromatic amines is 1. The number of carbonyl (C=O) groups excluding carboxylic acids is 2. The molecule has 0 aliphatic heterocycles. The van der Waals surface area contributed by atoms with Crippen molar-refractivity contribution in [2.45, 2.75) is 45.1 Å². The first-order valence-electron chi connectivity index (χ1n) is 12.0. The molecule has 0 saturated carbocycles. The summed E-state index contributed by atoms with van der Waals surface area (Å²) in [7, 11) is 1.59. The fraction of sp³-hybridized carbons (Fsp3) is 0.346. The number of H-pyrrole nitrogens is 1. The number of hydrogen-bond acceptors (Lipinski definition) is 7. The van der Waals surface area contributed by atoms with Crippen molar-refractivity contribution in [2.24, 2.45) is 0 Å². The second kappa shape index (κ2) is 12.3. The Morgan fingerprint density at radius 2 is 2.03 bits per heavy atom. The Hall–Kier alpha value is -3.79. The molecule has 9 nitrogen and oxygen atoms in total. The van der Waals surface area contributed by atoms with Crippen LogP contribution in [-0.4, -0.2) is 45.4 Å². The maximum absolute atomic E-state index is 12.8. The van der Waals surface area contributed by atoms with Gasteiger partial charge in [-0.3, -0.25) is 14.6 Å². The molecule has 188 valence electrons. The second-order valence-corrected chi connectivity index (χ2v) is 9.25. The van der Waals surface area contributed by atoms with Crippen molar-refractivity contribution in [3.05, 3.63) is 58.9 Å². The number of imidazole rings is 1. The largest absolute Gasteiger partial charge is 0.480 e. The van der Waals surface area contributed by atoms with E-state index in [1.807, 2.05) is 37.3 Å². The standard InChI is InChI=1S/C26H30N6O3S/c1-3-28-23(33)12-6-4-5-11-20(31-25(34)22-15-27-16-36-22)24-29-14-21(30-24)18-13-17-9-7-8-10-19(17)32-26(18)35-2/h7-10,13-16,20H,3-6,11-12H2,1-2H3,(H,28,33)(H,29,30)(H,31,34)/t20-/m0/s1. The van der Waals surface area contributed by atoms with E-state index in [1.165, 1.54) is 11.3 Å². The van der Waals surface area contributed by atoms with E-state index in [-0.39, 0.29) is 17.9 Å². The minimum Gasteiger partial charge on any atom is -0.480 e. The molecule has 4 rings (SSSR count). The Morgan fingerprint density at radius 1 is 1.17 bits per heavy atom. The number of methoxy groups -OCH3 is 1. The SMILES string of the molecule is CCNC(=O)CCCCC[C@H](NC(=O)c1cncs1)c1ncc(-c2cc3ccccc3nc2OC)[nH]1. The highest BCUT2D eigenvalue weighted by atomic mass is 32.1. The lowest BCUT2D eigenvalue weighted by molar-refractivity contribution is -0.121. The van der Waals surface area contributed by atoms with Crippen molar-refractivity contribution >= 4 is 34.1 Å². The predicted octanol–water partition coefficient (Wildman–Crippen LogP) is 4.65. The zero-order valence-electron chi connectivity index (χ0n) is 20.4. The Bertz CT molecular complexity index is 1300. The molecule has 3 aromatic heterocycles. The van der Waals surface area contributed by atoms with E-state index in [4.69, 9.17) is 4.74 Å². The highest BCUT2D eigenvalue weighted by molar-refractivity contribution is 7.11. The number of nitrogens with zero attached hydrogens (tertiary/aromatic N) is 3. The van der Waals surface area contributed by atoms with Crippen LogP contribution in [0.3, 0.4) is 0 Å². The molecule has 0 unspecified atom stereocenters. The Balaban J connectivity index is 1.52. The van der Waals surface area contributed by atoms with E-state index in [0.29, 0.717) is 36.0 Å². The lowest BCUT2D eigenvalue weighted by Gasteiger charge is -2.16. The summed E-state index contributed by atoms with van der Waals surface area (Å²) in [5.41, 5.74) is 4.04. The smallest absolute Gasteiger partial charge is 0.263 e. The second-order valence-electron chi connectivity index (χ2n) is 8.36. The molecule has 0 spiro atoms. The first-order chi connectivity index (χ1) is 17.6. The van der Waals surface area contributed by atoms with Gasteiger partial charge in [-0.25, -0.2) is 9.97 Å². The molecule has 0 aliphatic carbocycles. The lowest BCUT2D eigenvalue weighted by atomic mass is 10.1. The van der Waals surface area contributed by atoms with Crippen LogP contribution in [0.15, 0.2) is 48.2 Å². The van der Waals surface area contributed by atoms with Crippen LogP contribution in [0.4, 0.5) is 0 Å². The molecule has 1 aromatic carbocycles. The van der Waals surface area contributed by atoms with E-state index in [1.54, 1.807) is 25.0 Å². The van der Waals surface area contributed by atoms with Crippen molar-refractivity contribution in [1.82, 2.24) is 30.6 Å². The van der Waals surface area contributed by atoms with E-state index in [2.05, 4.69) is 30.6 Å². The third kappa shape index (κ3) is 6.25. The first kappa shape index (κ1) is 25.3. The molecule has 3 heterocycles. The summed E-state index contributed by atoms with van der Waals surface area (Å²) in [6.07, 6.45) is 6.99. The summed E-state index contributed by atoms with van der Waals surface area (Å²) < 4.78 is 5.55. The van der Waals surface area contributed by atoms with Crippen LogP contribution >= 0.6 is 11.3 Å². The molecule has 1 atom stereocenters. The van der Waals surface area contributed by atoms with Crippen LogP contribution in [0.25, 0.3) is 22.2 Å². The number of pyridine rings is 1. The molecule has 10 heteroatoms. The summed E-state index contributed by atoms with van der Waals surface area (Å²) in [4.78, 5) is 41.7. The number of amides is 2. The summed E-state index contributed by atoms with van der Waals surface area (Å²) in [5.74, 6) is 1.04. The van der Waals surface area contributed by atoms with Crippen molar-refractivity contribution in [3.63, 3.8) is 0 Å². The minimum atomic E-state index is -0.322. The number of ether oxygens (including phenoxy) is 1. The Morgan fingerprint density at radius 3 is 2.81 bits per heavy atom. The maximum Gasteiger partial charge on any atom is 0.263 e. The lowest BCUT2D eigenvalue weighted by Crippen LogP contribution is -2.28. The van der Waals surface area contributed by atoms with Crippen molar-refractivity contribution in [2.75, 3.05) is 13.7 Å². The van der Waals surface area contributed by atoms with Gasteiger partial charge in [-0.2, -0.15) is 0 Å². The third-order valence-corrected chi connectivity index (χ3v) is 6.60. The third-order valence-electron chi connectivity index (χ3n) is 5.83. The number of hydrogen-bond donors (Lipinski definition) is 3. The van der Waals surface area contributed by atoms with Gasteiger partial charge in [0.2, 0.25) is 11.8 Å². The van der Waals surface area contributed by atoms with Crippen molar-refractivity contribution in [3.8, 4) is 17.1 Å². The molecular formula is C26H30N6O3S. The van der Waals surface area contributed by atoms with E-state index in [0.717, 1.165) is 41.4 Å².